The van der Waals surface area contributed by atoms with Crippen LogP contribution in [-0.2, 0) is 0 Å². The van der Waals surface area contributed by atoms with E-state index in [4.69, 9.17) is 28.2 Å². The van der Waals surface area contributed by atoms with Crippen LogP contribution in [0.4, 0.5) is 5.69 Å². The van der Waals surface area contributed by atoms with E-state index in [0.29, 0.717) is 15.9 Å². The number of hydrazone groups is 1. The first-order chi connectivity index (χ1) is 12.2. The first-order valence-corrected chi connectivity index (χ1v) is 8.35. The molecule has 2 aromatic carbocycles. The summed E-state index contributed by atoms with van der Waals surface area (Å²) in [5.41, 5.74) is 7.19. The van der Waals surface area contributed by atoms with Crippen LogP contribution in [0.1, 0.15) is 16.7 Å². The van der Waals surface area contributed by atoms with E-state index in [-0.39, 0.29) is 0 Å². The van der Waals surface area contributed by atoms with Gasteiger partial charge in [-0.1, -0.05) is 23.2 Å². The summed E-state index contributed by atoms with van der Waals surface area (Å²) in [6.45, 7) is 0. The van der Waals surface area contributed by atoms with Crippen molar-refractivity contribution in [2.24, 2.45) is 10.1 Å². The Morgan fingerprint density at radius 1 is 0.840 bits per heavy atom. The molecule has 0 fully saturated rings. The Kier molecular flexibility index (Phi) is 4.22. The number of aromatic nitrogens is 1. The summed E-state index contributed by atoms with van der Waals surface area (Å²) in [4.78, 5) is 8.90. The van der Waals surface area contributed by atoms with Crippen LogP contribution in [-0.4, -0.2) is 16.5 Å². The summed E-state index contributed by atoms with van der Waals surface area (Å²) in [5, 5.41) is 5.86. The Hall–Kier alpha value is -2.69. The van der Waals surface area contributed by atoms with E-state index < -0.39 is 0 Å². The summed E-state index contributed by atoms with van der Waals surface area (Å²) in [7, 11) is 0. The summed E-state index contributed by atoms with van der Waals surface area (Å²) >= 11 is 12.2. The van der Waals surface area contributed by atoms with E-state index in [1.165, 1.54) is 0 Å². The second-order valence-electron chi connectivity index (χ2n) is 5.44. The summed E-state index contributed by atoms with van der Waals surface area (Å²) in [5.74, 6) is 0.638. The Morgan fingerprint density at radius 3 is 2.40 bits per heavy atom. The third-order valence-corrected chi connectivity index (χ3v) is 4.26. The fourth-order valence-electron chi connectivity index (χ4n) is 2.57. The molecule has 0 unspecified atom stereocenters. The molecule has 6 heteroatoms. The van der Waals surface area contributed by atoms with Gasteiger partial charge in [0.2, 0.25) is 0 Å². The fraction of sp³-hybridized carbons (Fsp3) is 0. The Morgan fingerprint density at radius 2 is 1.64 bits per heavy atom. The van der Waals surface area contributed by atoms with E-state index in [0.717, 1.165) is 28.1 Å². The van der Waals surface area contributed by atoms with Crippen molar-refractivity contribution in [1.29, 1.82) is 0 Å². The second kappa shape index (κ2) is 6.67. The molecule has 4 rings (SSSR count). The van der Waals surface area contributed by atoms with Crippen LogP contribution in [0.2, 0.25) is 10.0 Å². The van der Waals surface area contributed by atoms with Crippen molar-refractivity contribution in [1.82, 2.24) is 10.4 Å². The Balaban J connectivity index is 1.87. The number of nitrogens with zero attached hydrogens (tertiary/aromatic N) is 3. The fourth-order valence-corrected chi connectivity index (χ4v) is 2.87. The molecule has 0 amide bonds. The zero-order chi connectivity index (χ0) is 17.2. The highest BCUT2D eigenvalue weighted by atomic mass is 35.5. The number of amidine groups is 1. The zero-order valence-corrected chi connectivity index (χ0v) is 14.5. The molecular formula is C19H12Cl2N4. The number of halogens is 2. The van der Waals surface area contributed by atoms with E-state index in [1.807, 2.05) is 54.6 Å². The standard InChI is InChI=1S/C19H12Cl2N4/c20-14-5-3-12(4-6-14)19-23-17-8-7-15(21)10-16(17)18(24-25-19)13-2-1-9-22-11-13/h1-11H,(H,23,25). The van der Waals surface area contributed by atoms with Gasteiger partial charge in [0.1, 0.15) is 5.71 Å². The Labute approximate surface area is 154 Å². The molecule has 0 radical (unpaired) electrons. The first-order valence-electron chi connectivity index (χ1n) is 7.59. The third-order valence-electron chi connectivity index (χ3n) is 3.77. The summed E-state index contributed by atoms with van der Waals surface area (Å²) < 4.78 is 0. The van der Waals surface area contributed by atoms with Crippen molar-refractivity contribution in [3.8, 4) is 0 Å². The molecule has 4 nitrogen and oxygen atoms in total. The molecule has 1 aromatic heterocycles. The van der Waals surface area contributed by atoms with Crippen LogP contribution in [0.25, 0.3) is 0 Å². The first kappa shape index (κ1) is 15.8. The van der Waals surface area contributed by atoms with Gasteiger partial charge >= 0.3 is 0 Å². The molecule has 25 heavy (non-hydrogen) atoms. The maximum absolute atomic E-state index is 6.20. The average Bonchev–Trinajstić information content (AvgIpc) is 2.82. The highest BCUT2D eigenvalue weighted by Gasteiger charge is 2.17. The lowest BCUT2D eigenvalue weighted by molar-refractivity contribution is 1.03. The number of hydrogen-bond donors (Lipinski definition) is 1. The Bertz CT molecular complexity index is 980. The number of rotatable bonds is 2. The van der Waals surface area contributed by atoms with E-state index in [9.17, 15) is 0 Å². The van der Waals surface area contributed by atoms with Crippen molar-refractivity contribution < 1.29 is 0 Å². The second-order valence-corrected chi connectivity index (χ2v) is 6.32. The molecule has 0 spiro atoms. The summed E-state index contributed by atoms with van der Waals surface area (Å²) in [6.07, 6.45) is 3.49. The van der Waals surface area contributed by atoms with Gasteiger partial charge in [0.25, 0.3) is 0 Å². The van der Waals surface area contributed by atoms with Gasteiger partial charge in [-0.3, -0.25) is 10.4 Å². The molecule has 1 aliphatic heterocycles. The SMILES string of the molecule is Clc1ccc(C2=Nc3ccc(Cl)cc3C(c3cccnc3)=NN2)cc1. The van der Waals surface area contributed by atoms with Gasteiger partial charge in [-0.25, -0.2) is 4.99 Å². The van der Waals surface area contributed by atoms with Gasteiger partial charge in [0.05, 0.1) is 5.69 Å². The molecule has 1 aliphatic rings. The van der Waals surface area contributed by atoms with Crippen molar-refractivity contribution in [3.05, 3.63) is 93.7 Å². The van der Waals surface area contributed by atoms with Gasteiger partial charge < -0.3 is 0 Å². The molecule has 1 N–H and O–H groups in total. The molecule has 0 saturated heterocycles. The highest BCUT2D eigenvalue weighted by molar-refractivity contribution is 6.32. The van der Waals surface area contributed by atoms with Gasteiger partial charge in [-0.05, 0) is 54.6 Å². The van der Waals surface area contributed by atoms with Crippen LogP contribution < -0.4 is 5.43 Å². The largest absolute Gasteiger partial charge is 0.264 e. The smallest absolute Gasteiger partial charge is 0.154 e. The van der Waals surface area contributed by atoms with Gasteiger partial charge in [-0.2, -0.15) is 5.10 Å². The maximum Gasteiger partial charge on any atom is 0.154 e. The average molecular weight is 367 g/mol. The van der Waals surface area contributed by atoms with E-state index in [1.54, 1.807) is 12.4 Å². The van der Waals surface area contributed by atoms with Crippen molar-refractivity contribution >= 4 is 40.4 Å². The third kappa shape index (κ3) is 3.27. The minimum Gasteiger partial charge on any atom is -0.264 e. The molecule has 0 saturated carbocycles. The van der Waals surface area contributed by atoms with Gasteiger partial charge in [0.15, 0.2) is 5.84 Å². The minimum absolute atomic E-state index is 0.625. The maximum atomic E-state index is 6.20. The predicted octanol–water partition coefficient (Wildman–Crippen LogP) is 4.82. The molecule has 122 valence electrons. The van der Waals surface area contributed by atoms with Gasteiger partial charge in [-0.15, -0.1) is 0 Å². The lowest BCUT2D eigenvalue weighted by Gasteiger charge is -2.07. The highest BCUT2D eigenvalue weighted by Crippen LogP contribution is 2.28. The topological polar surface area (TPSA) is 49.6 Å². The van der Waals surface area contributed by atoms with Crippen LogP contribution in [0.15, 0.2) is 77.1 Å². The number of aliphatic imine (C=N–C) groups is 1. The molecule has 3 aromatic rings. The summed E-state index contributed by atoms with van der Waals surface area (Å²) in [6, 6.07) is 16.8. The van der Waals surface area contributed by atoms with E-state index >= 15 is 0 Å². The number of nitrogens with one attached hydrogen (secondary N) is 1. The van der Waals surface area contributed by atoms with Crippen LogP contribution in [0.5, 0.6) is 0 Å². The van der Waals surface area contributed by atoms with Crippen LogP contribution in [0, 0.1) is 0 Å². The molecule has 2 heterocycles. The molecule has 0 aliphatic carbocycles. The van der Waals surface area contributed by atoms with Crippen LogP contribution >= 0.6 is 23.2 Å². The lowest BCUT2D eigenvalue weighted by atomic mass is 10.0. The quantitative estimate of drug-likeness (QED) is 0.706. The van der Waals surface area contributed by atoms with Crippen molar-refractivity contribution in [2.45, 2.75) is 0 Å². The van der Waals surface area contributed by atoms with Crippen LogP contribution in [0.3, 0.4) is 0 Å². The van der Waals surface area contributed by atoms with E-state index in [2.05, 4.69) is 15.5 Å². The number of fused-ring (bicyclic) bond motifs is 1. The monoisotopic (exact) mass is 366 g/mol. The number of hydrogen-bond acceptors (Lipinski definition) is 4. The number of benzene rings is 2. The zero-order valence-electron chi connectivity index (χ0n) is 12.9. The van der Waals surface area contributed by atoms with Crippen molar-refractivity contribution in [2.75, 3.05) is 0 Å². The van der Waals surface area contributed by atoms with Gasteiger partial charge in [0, 0.05) is 39.1 Å². The molecule has 0 atom stereocenters. The normalized spacial score (nSPS) is 13.2. The molecule has 0 bridgehead atoms. The minimum atomic E-state index is 0.625. The van der Waals surface area contributed by atoms with Crippen molar-refractivity contribution in [3.63, 3.8) is 0 Å². The predicted molar refractivity (Wildman–Crippen MR) is 102 cm³/mol. The molecular weight excluding hydrogens is 355 g/mol. The lowest BCUT2D eigenvalue weighted by Crippen LogP contribution is -2.19. The number of pyridine rings is 1.